The third-order valence-corrected chi connectivity index (χ3v) is 6.34. The van der Waals surface area contributed by atoms with E-state index >= 15 is 0 Å². The van der Waals surface area contributed by atoms with Gasteiger partial charge in [0, 0.05) is 23.1 Å². The molecule has 0 amide bonds. The van der Waals surface area contributed by atoms with E-state index in [2.05, 4.69) is 25.5 Å². The predicted molar refractivity (Wildman–Crippen MR) is 151 cm³/mol. The van der Waals surface area contributed by atoms with Gasteiger partial charge in [0.2, 0.25) is 0 Å². The van der Waals surface area contributed by atoms with Crippen molar-refractivity contribution in [1.29, 1.82) is 0 Å². The monoisotopic (exact) mass is 700 g/mol. The Bertz CT molecular complexity index is 1620. The molecule has 0 fully saturated rings. The molecule has 3 aromatic rings. The fourth-order valence-electron chi connectivity index (χ4n) is 4.19. The van der Waals surface area contributed by atoms with E-state index in [9.17, 15) is 49.1 Å². The number of aryl methyl sites for hydroxylation is 1. The van der Waals surface area contributed by atoms with Crippen LogP contribution in [-0.2, 0) is 25.4 Å². The molecule has 0 aliphatic rings. The molecule has 8 nitrogen and oxygen atoms in total. The average Bonchev–Trinajstić information content (AvgIpc) is 2.95. The van der Waals surface area contributed by atoms with Crippen LogP contribution >= 0.6 is 0 Å². The minimum atomic E-state index is -5.47. The van der Waals surface area contributed by atoms with Gasteiger partial charge in [-0.15, -0.1) is 22.0 Å². The molecule has 0 saturated carbocycles. The zero-order valence-electron chi connectivity index (χ0n) is 25.2. The van der Waals surface area contributed by atoms with Crippen molar-refractivity contribution < 1.29 is 72.4 Å². The first-order chi connectivity index (χ1) is 22.3. The zero-order chi connectivity index (χ0) is 35.8. The Balaban J connectivity index is 1.69. The predicted octanol–water partition coefficient (Wildman–Crippen LogP) is 8.75. The zero-order valence-corrected chi connectivity index (χ0v) is 25.2. The lowest BCUT2D eigenvalue weighted by molar-refractivity contribution is -0.514. The van der Waals surface area contributed by atoms with Gasteiger partial charge in [0.25, 0.3) is 0 Å². The minimum Gasteiger partial charge on any atom is -0.493 e. The van der Waals surface area contributed by atoms with E-state index in [-0.39, 0.29) is 27.8 Å². The molecule has 48 heavy (non-hydrogen) atoms. The molecule has 0 atom stereocenters. The summed E-state index contributed by atoms with van der Waals surface area (Å²) < 4.78 is 147. The highest BCUT2D eigenvalue weighted by molar-refractivity contribution is 5.84. The van der Waals surface area contributed by atoms with Crippen molar-refractivity contribution in [3.05, 3.63) is 71.1 Å². The number of carbonyl (C=O) groups is 1. The van der Waals surface area contributed by atoms with Crippen molar-refractivity contribution in [2.24, 2.45) is 0 Å². The van der Waals surface area contributed by atoms with Crippen molar-refractivity contribution in [1.82, 2.24) is 0 Å². The molecule has 0 radical (unpaired) electrons. The van der Waals surface area contributed by atoms with E-state index in [0.29, 0.717) is 18.1 Å². The molecule has 0 aliphatic carbocycles. The standard InChI is InChI=1S/C31H29F9O8/c1-3-5-6-7-19-8-11-22(25(16-19)46-30(36,37)38)23-17-20-9-10-21(18-24(20)45-27(23)42)43-14-12-28(32,33)47-31(39,40)48-29(34,35)13-15-44-26(41)4-2/h4,8-11,16-18H,2-3,5-7,12-15H2,1H3. The molecule has 0 aliphatic heterocycles. The van der Waals surface area contributed by atoms with Crippen LogP contribution in [0.5, 0.6) is 11.5 Å². The second-order valence-corrected chi connectivity index (χ2v) is 10.1. The van der Waals surface area contributed by atoms with E-state index in [0.717, 1.165) is 25.3 Å². The maximum Gasteiger partial charge on any atom is 0.573 e. The molecule has 1 aromatic heterocycles. The number of hydrogen-bond acceptors (Lipinski definition) is 8. The van der Waals surface area contributed by atoms with Crippen LogP contribution in [0.2, 0.25) is 0 Å². The molecule has 0 unspecified atom stereocenters. The smallest absolute Gasteiger partial charge is 0.493 e. The summed E-state index contributed by atoms with van der Waals surface area (Å²) in [5, 5.41) is 0.188. The summed E-state index contributed by atoms with van der Waals surface area (Å²) in [5.74, 6) is -1.94. The molecule has 0 spiro atoms. The third kappa shape index (κ3) is 12.1. The quantitative estimate of drug-likeness (QED) is 0.0325. The largest absolute Gasteiger partial charge is 0.573 e. The molecular weight excluding hydrogens is 671 g/mol. The molecule has 3 rings (SSSR count). The molecule has 264 valence electrons. The maximum atomic E-state index is 14.0. The van der Waals surface area contributed by atoms with Gasteiger partial charge in [0.05, 0.1) is 31.6 Å². The topological polar surface area (TPSA) is 93.4 Å². The van der Waals surface area contributed by atoms with E-state index in [4.69, 9.17) is 9.15 Å². The number of rotatable bonds is 18. The number of esters is 1. The fourth-order valence-corrected chi connectivity index (χ4v) is 4.19. The number of ether oxygens (including phenoxy) is 5. The van der Waals surface area contributed by atoms with Crippen LogP contribution in [0, 0.1) is 0 Å². The van der Waals surface area contributed by atoms with Gasteiger partial charge in [-0.25, -0.2) is 19.1 Å². The van der Waals surface area contributed by atoms with Crippen molar-refractivity contribution in [2.75, 3.05) is 13.2 Å². The average molecular weight is 701 g/mol. The van der Waals surface area contributed by atoms with Crippen LogP contribution in [0.1, 0.15) is 44.6 Å². The van der Waals surface area contributed by atoms with Gasteiger partial charge < -0.3 is 18.6 Å². The Hall–Kier alpha value is -4.25. The van der Waals surface area contributed by atoms with E-state index in [1.807, 2.05) is 6.92 Å². The number of halogens is 9. The first kappa shape index (κ1) is 38.2. The van der Waals surface area contributed by atoms with Crippen molar-refractivity contribution in [3.63, 3.8) is 0 Å². The summed E-state index contributed by atoms with van der Waals surface area (Å²) in [7, 11) is 0. The van der Waals surface area contributed by atoms with E-state index < -0.39 is 68.3 Å². The Labute approximate surface area is 267 Å². The lowest BCUT2D eigenvalue weighted by Crippen LogP contribution is -2.41. The second-order valence-electron chi connectivity index (χ2n) is 10.1. The van der Waals surface area contributed by atoms with E-state index in [1.165, 1.54) is 30.3 Å². The number of benzene rings is 2. The van der Waals surface area contributed by atoms with Crippen LogP contribution in [0.25, 0.3) is 22.1 Å². The Morgan fingerprint density at radius 2 is 1.52 bits per heavy atom. The molecule has 17 heteroatoms. The highest BCUT2D eigenvalue weighted by Crippen LogP contribution is 2.37. The summed E-state index contributed by atoms with van der Waals surface area (Å²) in [6.45, 7) is 2.87. The van der Waals surface area contributed by atoms with Crippen LogP contribution in [0.15, 0.2) is 64.3 Å². The van der Waals surface area contributed by atoms with Crippen molar-refractivity contribution in [2.45, 2.75) is 70.3 Å². The summed E-state index contributed by atoms with van der Waals surface area (Å²) in [4.78, 5) is 23.7. The molecule has 1 heterocycles. The van der Waals surface area contributed by atoms with Crippen LogP contribution < -0.4 is 15.1 Å². The SMILES string of the molecule is C=CC(=O)OCCC(F)(F)OC(F)(F)OC(F)(F)CCOc1ccc2cc(-c3ccc(CCCCC)cc3OC(F)(F)F)c(=O)oc2c1. The number of carbonyl (C=O) groups excluding carboxylic acids is 1. The fraction of sp³-hybridized carbons (Fsp3) is 0.419. The van der Waals surface area contributed by atoms with Gasteiger partial charge in [-0.2, -0.15) is 17.6 Å². The van der Waals surface area contributed by atoms with Crippen LogP contribution in [0.4, 0.5) is 39.5 Å². The Morgan fingerprint density at radius 3 is 2.15 bits per heavy atom. The van der Waals surface area contributed by atoms with Gasteiger partial charge in [0.1, 0.15) is 17.1 Å². The van der Waals surface area contributed by atoms with E-state index in [1.54, 1.807) is 6.07 Å². The van der Waals surface area contributed by atoms with Gasteiger partial charge in [-0.05, 0) is 42.7 Å². The maximum absolute atomic E-state index is 14.0. The van der Waals surface area contributed by atoms with Gasteiger partial charge >= 0.3 is 36.5 Å². The number of hydrogen-bond donors (Lipinski definition) is 0. The van der Waals surface area contributed by atoms with Crippen molar-refractivity contribution in [3.8, 4) is 22.6 Å². The normalized spacial score (nSPS) is 12.6. The first-order valence-electron chi connectivity index (χ1n) is 14.2. The summed E-state index contributed by atoms with van der Waals surface area (Å²) in [6.07, 6.45) is -19.6. The lowest BCUT2D eigenvalue weighted by atomic mass is 10.00. The number of alkyl halides is 9. The Morgan fingerprint density at radius 1 is 0.854 bits per heavy atom. The highest BCUT2D eigenvalue weighted by atomic mass is 19.4. The van der Waals surface area contributed by atoms with Crippen LogP contribution in [-0.4, -0.2) is 44.1 Å². The summed E-state index contributed by atoms with van der Waals surface area (Å²) in [5.41, 5.74) is -1.13. The lowest BCUT2D eigenvalue weighted by Gasteiger charge is -2.26. The molecule has 0 N–H and O–H groups in total. The van der Waals surface area contributed by atoms with Gasteiger partial charge in [-0.3, -0.25) is 0 Å². The summed E-state index contributed by atoms with van der Waals surface area (Å²) >= 11 is 0. The molecule has 0 bridgehead atoms. The Kier molecular flexibility index (Phi) is 12.5. The summed E-state index contributed by atoms with van der Waals surface area (Å²) in [6, 6.07) is 8.83. The first-order valence-corrected chi connectivity index (χ1v) is 14.2. The number of fused-ring (bicyclic) bond motifs is 1. The number of unbranched alkanes of at least 4 members (excludes halogenated alkanes) is 2. The van der Waals surface area contributed by atoms with Crippen molar-refractivity contribution >= 4 is 16.9 Å². The molecular formula is C31H29F9O8. The second kappa shape index (κ2) is 15.8. The molecule has 2 aromatic carbocycles. The highest BCUT2D eigenvalue weighted by Gasteiger charge is 2.52. The van der Waals surface area contributed by atoms with Gasteiger partial charge in [-0.1, -0.05) is 38.5 Å². The van der Waals surface area contributed by atoms with Gasteiger partial charge in [0.15, 0.2) is 0 Å². The molecule has 0 saturated heterocycles. The van der Waals surface area contributed by atoms with Crippen LogP contribution in [0.3, 0.4) is 0 Å². The minimum absolute atomic E-state index is 0.167. The third-order valence-electron chi connectivity index (χ3n) is 6.34.